The molecule has 0 bridgehead atoms. The Bertz CT molecular complexity index is 1270. The Morgan fingerprint density at radius 3 is 2.34 bits per heavy atom. The monoisotopic (exact) mass is 489 g/mol. The zero-order valence-corrected chi connectivity index (χ0v) is 19.0. The average Bonchev–Trinajstić information content (AvgIpc) is 2.83. The van der Waals surface area contributed by atoms with Gasteiger partial charge in [0.15, 0.2) is 0 Å². The SMILES string of the molecule is CCOC(=O)c1ccc(COC(=O)c2cc(-c3ccccc3)nc3ccc(Br)cc23)cc1. The van der Waals surface area contributed by atoms with E-state index in [2.05, 4.69) is 15.9 Å². The first-order valence-electron chi connectivity index (χ1n) is 10.1. The van der Waals surface area contributed by atoms with Gasteiger partial charge in [-0.1, -0.05) is 58.4 Å². The summed E-state index contributed by atoms with van der Waals surface area (Å²) in [5.74, 6) is -0.819. The second-order valence-corrected chi connectivity index (χ2v) is 7.99. The summed E-state index contributed by atoms with van der Waals surface area (Å²) in [6.45, 7) is 2.16. The molecule has 1 aromatic heterocycles. The molecule has 160 valence electrons. The number of nitrogens with zero attached hydrogens (tertiary/aromatic N) is 1. The molecule has 0 unspecified atom stereocenters. The molecule has 4 rings (SSSR count). The predicted octanol–water partition coefficient (Wildman–Crippen LogP) is 6.20. The molecule has 0 aliphatic heterocycles. The lowest BCUT2D eigenvalue weighted by molar-refractivity contribution is 0.0471. The molecular formula is C26H20BrNO4. The smallest absolute Gasteiger partial charge is 0.339 e. The highest BCUT2D eigenvalue weighted by atomic mass is 79.9. The van der Waals surface area contributed by atoms with Gasteiger partial charge >= 0.3 is 11.9 Å². The lowest BCUT2D eigenvalue weighted by atomic mass is 10.0. The minimum absolute atomic E-state index is 0.0838. The summed E-state index contributed by atoms with van der Waals surface area (Å²) < 4.78 is 11.4. The van der Waals surface area contributed by atoms with Gasteiger partial charge in [0.05, 0.1) is 28.9 Å². The Kier molecular flexibility index (Phi) is 6.61. The Hall–Kier alpha value is -3.51. The molecule has 0 radical (unpaired) electrons. The molecule has 0 spiro atoms. The maximum atomic E-state index is 13.0. The molecule has 5 nitrogen and oxygen atoms in total. The quantitative estimate of drug-likeness (QED) is 0.301. The van der Waals surface area contributed by atoms with Crippen molar-refractivity contribution in [3.63, 3.8) is 0 Å². The number of carbonyl (C=O) groups excluding carboxylic acids is 2. The second-order valence-electron chi connectivity index (χ2n) is 7.08. The van der Waals surface area contributed by atoms with E-state index in [1.165, 1.54) is 0 Å². The third-order valence-electron chi connectivity index (χ3n) is 4.90. The Balaban J connectivity index is 1.60. The molecule has 0 fully saturated rings. The van der Waals surface area contributed by atoms with Crippen molar-refractivity contribution in [1.82, 2.24) is 4.98 Å². The fourth-order valence-corrected chi connectivity index (χ4v) is 3.66. The van der Waals surface area contributed by atoms with E-state index in [1.54, 1.807) is 37.3 Å². The largest absolute Gasteiger partial charge is 0.462 e. The van der Waals surface area contributed by atoms with Gasteiger partial charge in [0.2, 0.25) is 0 Å². The van der Waals surface area contributed by atoms with E-state index < -0.39 is 5.97 Å². The van der Waals surface area contributed by atoms with E-state index in [9.17, 15) is 9.59 Å². The number of esters is 2. The number of ether oxygens (including phenoxy) is 2. The molecule has 6 heteroatoms. The highest BCUT2D eigenvalue weighted by molar-refractivity contribution is 9.10. The molecule has 0 saturated heterocycles. The van der Waals surface area contributed by atoms with Crippen LogP contribution < -0.4 is 0 Å². The van der Waals surface area contributed by atoms with Crippen molar-refractivity contribution in [3.05, 3.63) is 100 Å². The first-order valence-corrected chi connectivity index (χ1v) is 10.9. The summed E-state index contributed by atoms with van der Waals surface area (Å²) >= 11 is 3.47. The van der Waals surface area contributed by atoms with Crippen molar-refractivity contribution >= 4 is 38.8 Å². The van der Waals surface area contributed by atoms with Gasteiger partial charge in [0.25, 0.3) is 0 Å². The summed E-state index contributed by atoms with van der Waals surface area (Å²) in [4.78, 5) is 29.6. The first-order chi connectivity index (χ1) is 15.5. The van der Waals surface area contributed by atoms with E-state index in [0.29, 0.717) is 34.3 Å². The van der Waals surface area contributed by atoms with E-state index in [4.69, 9.17) is 14.5 Å². The van der Waals surface area contributed by atoms with Crippen LogP contribution in [0.4, 0.5) is 0 Å². The van der Waals surface area contributed by atoms with Crippen LogP contribution in [0.1, 0.15) is 33.2 Å². The second kappa shape index (κ2) is 9.75. The number of benzene rings is 3. The van der Waals surface area contributed by atoms with E-state index >= 15 is 0 Å². The Morgan fingerprint density at radius 2 is 1.62 bits per heavy atom. The van der Waals surface area contributed by atoms with Gasteiger partial charge in [-0.05, 0) is 48.9 Å². The van der Waals surface area contributed by atoms with Crippen LogP contribution in [0, 0.1) is 0 Å². The zero-order valence-electron chi connectivity index (χ0n) is 17.4. The highest BCUT2D eigenvalue weighted by Crippen LogP contribution is 2.28. The lowest BCUT2D eigenvalue weighted by Crippen LogP contribution is -2.08. The number of carbonyl (C=O) groups is 2. The van der Waals surface area contributed by atoms with Gasteiger partial charge in [-0.3, -0.25) is 0 Å². The number of fused-ring (bicyclic) bond motifs is 1. The first kappa shape index (κ1) is 21.7. The topological polar surface area (TPSA) is 65.5 Å². The van der Waals surface area contributed by atoms with Crippen molar-refractivity contribution in [1.29, 1.82) is 0 Å². The summed E-state index contributed by atoms with van der Waals surface area (Å²) in [7, 11) is 0. The van der Waals surface area contributed by atoms with Crippen LogP contribution in [0.15, 0.2) is 83.3 Å². The lowest BCUT2D eigenvalue weighted by Gasteiger charge is -2.11. The third-order valence-corrected chi connectivity index (χ3v) is 5.39. The van der Waals surface area contributed by atoms with Gasteiger partial charge in [0, 0.05) is 15.4 Å². The number of aromatic nitrogens is 1. The maximum absolute atomic E-state index is 13.0. The zero-order chi connectivity index (χ0) is 22.5. The minimum Gasteiger partial charge on any atom is -0.462 e. The molecule has 32 heavy (non-hydrogen) atoms. The molecular weight excluding hydrogens is 470 g/mol. The van der Waals surface area contributed by atoms with Gasteiger partial charge in [-0.15, -0.1) is 0 Å². The molecule has 0 saturated carbocycles. The standard InChI is InChI=1S/C26H20BrNO4/c1-2-31-25(29)19-10-8-17(9-11-19)16-32-26(30)22-15-24(18-6-4-3-5-7-18)28-23-13-12-20(27)14-21(22)23/h3-15H,2,16H2,1H3. The van der Waals surface area contributed by atoms with Crippen molar-refractivity contribution in [2.45, 2.75) is 13.5 Å². The number of halogens is 1. The predicted molar refractivity (Wildman–Crippen MR) is 126 cm³/mol. The minimum atomic E-state index is -0.442. The summed E-state index contributed by atoms with van der Waals surface area (Å²) in [5, 5.41) is 0.710. The van der Waals surface area contributed by atoms with Crippen LogP contribution in [-0.2, 0) is 16.1 Å². The van der Waals surface area contributed by atoms with E-state index in [1.807, 2.05) is 48.5 Å². The number of pyridine rings is 1. The number of hydrogen-bond donors (Lipinski definition) is 0. The third kappa shape index (κ3) is 4.86. The maximum Gasteiger partial charge on any atom is 0.339 e. The fourth-order valence-electron chi connectivity index (χ4n) is 3.30. The van der Waals surface area contributed by atoms with Crippen LogP contribution in [0.3, 0.4) is 0 Å². The van der Waals surface area contributed by atoms with Crippen LogP contribution in [0.25, 0.3) is 22.2 Å². The van der Waals surface area contributed by atoms with Gasteiger partial charge in [0.1, 0.15) is 6.61 Å². The van der Waals surface area contributed by atoms with Gasteiger partial charge in [-0.25, -0.2) is 14.6 Å². The van der Waals surface area contributed by atoms with Crippen LogP contribution in [0.2, 0.25) is 0 Å². The molecule has 1 heterocycles. The molecule has 0 amide bonds. The number of rotatable bonds is 6. The van der Waals surface area contributed by atoms with Gasteiger partial charge < -0.3 is 9.47 Å². The van der Waals surface area contributed by atoms with E-state index in [-0.39, 0.29) is 12.6 Å². The van der Waals surface area contributed by atoms with Crippen LogP contribution in [-0.4, -0.2) is 23.5 Å². The normalized spacial score (nSPS) is 10.7. The van der Waals surface area contributed by atoms with Crippen molar-refractivity contribution in [3.8, 4) is 11.3 Å². The van der Waals surface area contributed by atoms with Crippen LogP contribution in [0.5, 0.6) is 0 Å². The number of hydrogen-bond acceptors (Lipinski definition) is 5. The molecule has 3 aromatic carbocycles. The highest BCUT2D eigenvalue weighted by Gasteiger charge is 2.16. The summed E-state index contributed by atoms with van der Waals surface area (Å²) in [5.41, 5.74) is 4.00. The van der Waals surface area contributed by atoms with E-state index in [0.717, 1.165) is 15.6 Å². The molecule has 4 aromatic rings. The summed E-state index contributed by atoms with van der Waals surface area (Å²) in [6.07, 6.45) is 0. The Morgan fingerprint density at radius 1 is 0.875 bits per heavy atom. The van der Waals surface area contributed by atoms with Crippen LogP contribution >= 0.6 is 15.9 Å². The molecule has 0 aliphatic carbocycles. The molecule has 0 aliphatic rings. The fraction of sp³-hybridized carbons (Fsp3) is 0.115. The van der Waals surface area contributed by atoms with Crippen molar-refractivity contribution in [2.75, 3.05) is 6.61 Å². The summed E-state index contributed by atoms with van der Waals surface area (Å²) in [6, 6.07) is 23.9. The van der Waals surface area contributed by atoms with Crippen molar-refractivity contribution < 1.29 is 19.1 Å². The molecule has 0 N–H and O–H groups in total. The van der Waals surface area contributed by atoms with Gasteiger partial charge in [-0.2, -0.15) is 0 Å². The average molecular weight is 490 g/mol. The Labute approximate surface area is 194 Å². The van der Waals surface area contributed by atoms with Crippen molar-refractivity contribution in [2.24, 2.45) is 0 Å². The molecule has 0 atom stereocenters.